The van der Waals surface area contributed by atoms with Gasteiger partial charge in [-0.2, -0.15) is 0 Å². The Kier molecular flexibility index (Phi) is 3.17. The van der Waals surface area contributed by atoms with E-state index in [-0.39, 0.29) is 17.1 Å². The summed E-state index contributed by atoms with van der Waals surface area (Å²) in [5, 5.41) is 0. The van der Waals surface area contributed by atoms with Crippen LogP contribution in [0.4, 0.5) is 0 Å². The number of ether oxygens (including phenoxy) is 2. The summed E-state index contributed by atoms with van der Waals surface area (Å²) in [6, 6.07) is 3.64. The van der Waals surface area contributed by atoms with Crippen LogP contribution in [-0.2, 0) is 15.3 Å². The van der Waals surface area contributed by atoms with Gasteiger partial charge in [0.2, 0.25) is 6.79 Å². The molecule has 2 N–H and O–H groups in total. The van der Waals surface area contributed by atoms with Crippen LogP contribution in [0.3, 0.4) is 0 Å². The molecule has 110 valence electrons. The van der Waals surface area contributed by atoms with Gasteiger partial charge in [0.05, 0.1) is 0 Å². The van der Waals surface area contributed by atoms with Crippen LogP contribution in [0, 0.1) is 0 Å². The summed E-state index contributed by atoms with van der Waals surface area (Å²) >= 11 is 0. The van der Waals surface area contributed by atoms with Gasteiger partial charge in [-0.1, -0.05) is 18.9 Å². The minimum Gasteiger partial charge on any atom is -0.454 e. The summed E-state index contributed by atoms with van der Waals surface area (Å²) in [7, 11) is -3.40. The predicted octanol–water partition coefficient (Wildman–Crippen LogP) is 1.59. The predicted molar refractivity (Wildman–Crippen MR) is 74.9 cm³/mol. The Hall–Kier alpha value is -1.27. The lowest BCUT2D eigenvalue weighted by atomic mass is 9.79. The molecule has 1 aromatic rings. The van der Waals surface area contributed by atoms with Crippen molar-refractivity contribution in [2.24, 2.45) is 5.73 Å². The Bertz CT molecular complexity index is 633. The molecule has 2 aliphatic rings. The lowest BCUT2D eigenvalue weighted by Crippen LogP contribution is -2.33. The van der Waals surface area contributed by atoms with Gasteiger partial charge in [-0.05, 0) is 24.5 Å². The van der Waals surface area contributed by atoms with E-state index < -0.39 is 9.84 Å². The molecular weight excluding hydrogens is 278 g/mol. The molecule has 1 aromatic carbocycles. The fourth-order valence-corrected chi connectivity index (χ4v) is 4.55. The third kappa shape index (κ3) is 1.98. The van der Waals surface area contributed by atoms with Gasteiger partial charge in [0.15, 0.2) is 21.3 Å². The number of nitrogens with two attached hydrogens (primary N) is 1. The third-order valence-corrected chi connectivity index (χ3v) is 5.53. The Labute approximate surface area is 119 Å². The second kappa shape index (κ2) is 4.63. The van der Waals surface area contributed by atoms with Crippen molar-refractivity contribution in [2.45, 2.75) is 36.0 Å². The van der Waals surface area contributed by atoms with Crippen LogP contribution in [0.15, 0.2) is 17.0 Å². The third-order valence-electron chi connectivity index (χ3n) is 4.39. The van der Waals surface area contributed by atoms with Crippen LogP contribution < -0.4 is 15.2 Å². The first kappa shape index (κ1) is 13.7. The van der Waals surface area contributed by atoms with Gasteiger partial charge >= 0.3 is 0 Å². The zero-order chi connectivity index (χ0) is 14.4. The average Bonchev–Trinajstić information content (AvgIpc) is 3.05. The largest absolute Gasteiger partial charge is 0.454 e. The molecule has 0 bridgehead atoms. The average molecular weight is 297 g/mol. The molecule has 0 saturated heterocycles. The highest BCUT2D eigenvalue weighted by Crippen LogP contribution is 2.48. The number of fused-ring (bicyclic) bond motifs is 1. The molecule has 1 saturated carbocycles. The molecule has 5 nitrogen and oxygen atoms in total. The minimum absolute atomic E-state index is 0.0664. The number of rotatable bonds is 3. The maximum Gasteiger partial charge on any atom is 0.231 e. The van der Waals surface area contributed by atoms with E-state index in [1.165, 1.54) is 6.26 Å². The van der Waals surface area contributed by atoms with E-state index in [4.69, 9.17) is 15.2 Å². The van der Waals surface area contributed by atoms with Crippen LogP contribution in [0.5, 0.6) is 11.5 Å². The smallest absolute Gasteiger partial charge is 0.231 e. The van der Waals surface area contributed by atoms with Gasteiger partial charge in [0, 0.05) is 18.2 Å². The van der Waals surface area contributed by atoms with Crippen molar-refractivity contribution in [2.75, 3.05) is 19.6 Å². The Balaban J connectivity index is 2.26. The number of hydrogen-bond donors (Lipinski definition) is 1. The lowest BCUT2D eigenvalue weighted by Gasteiger charge is -2.30. The van der Waals surface area contributed by atoms with E-state index >= 15 is 0 Å². The molecule has 0 atom stereocenters. The van der Waals surface area contributed by atoms with Crippen molar-refractivity contribution < 1.29 is 17.9 Å². The summed E-state index contributed by atoms with van der Waals surface area (Å²) in [5.41, 5.74) is 6.54. The standard InChI is InChI=1S/C14H19NO4S/c1-20(16,17)13-10(14(8-15)6-2-3-7-14)4-5-11-12(13)19-9-18-11/h4-5H,2-3,6-9,15H2,1H3. The lowest BCUT2D eigenvalue weighted by molar-refractivity contribution is 0.172. The topological polar surface area (TPSA) is 78.6 Å². The molecule has 3 rings (SSSR count). The zero-order valence-corrected chi connectivity index (χ0v) is 12.3. The summed E-state index contributed by atoms with van der Waals surface area (Å²) < 4.78 is 35.2. The molecule has 6 heteroatoms. The van der Waals surface area contributed by atoms with Gasteiger partial charge < -0.3 is 15.2 Å². The molecule has 0 amide bonds. The fourth-order valence-electron chi connectivity index (χ4n) is 3.37. The molecule has 1 aliphatic heterocycles. The van der Waals surface area contributed by atoms with Crippen molar-refractivity contribution >= 4 is 9.84 Å². The van der Waals surface area contributed by atoms with E-state index in [9.17, 15) is 8.42 Å². The molecule has 0 unspecified atom stereocenters. The van der Waals surface area contributed by atoms with Crippen molar-refractivity contribution in [3.8, 4) is 11.5 Å². The van der Waals surface area contributed by atoms with E-state index in [1.54, 1.807) is 6.07 Å². The van der Waals surface area contributed by atoms with Crippen molar-refractivity contribution in [1.82, 2.24) is 0 Å². The van der Waals surface area contributed by atoms with E-state index in [0.717, 1.165) is 31.2 Å². The highest BCUT2D eigenvalue weighted by molar-refractivity contribution is 7.90. The second-order valence-corrected chi connectivity index (χ2v) is 7.59. The maximum absolute atomic E-state index is 12.3. The van der Waals surface area contributed by atoms with Gasteiger partial charge in [-0.15, -0.1) is 0 Å². The monoisotopic (exact) mass is 297 g/mol. The quantitative estimate of drug-likeness (QED) is 0.916. The molecule has 0 radical (unpaired) electrons. The summed E-state index contributed by atoms with van der Waals surface area (Å²) in [4.78, 5) is 0.264. The first-order valence-electron chi connectivity index (χ1n) is 6.81. The molecule has 0 aromatic heterocycles. The molecular formula is C14H19NO4S. The number of sulfone groups is 1. The molecule has 0 spiro atoms. The number of hydrogen-bond acceptors (Lipinski definition) is 5. The van der Waals surface area contributed by atoms with Gasteiger partial charge in [-0.3, -0.25) is 0 Å². The van der Waals surface area contributed by atoms with Gasteiger partial charge in [-0.25, -0.2) is 8.42 Å². The first-order chi connectivity index (χ1) is 9.48. The highest BCUT2D eigenvalue weighted by atomic mass is 32.2. The fraction of sp³-hybridized carbons (Fsp3) is 0.571. The summed E-state index contributed by atoms with van der Waals surface area (Å²) in [5.74, 6) is 0.851. The van der Waals surface area contributed by atoms with Crippen LogP contribution >= 0.6 is 0 Å². The van der Waals surface area contributed by atoms with Gasteiger partial charge in [0.25, 0.3) is 0 Å². The van der Waals surface area contributed by atoms with Crippen LogP contribution in [0.1, 0.15) is 31.2 Å². The SMILES string of the molecule is CS(=O)(=O)c1c(C2(CN)CCCC2)ccc2c1OCO2. The van der Waals surface area contributed by atoms with Crippen molar-refractivity contribution in [1.29, 1.82) is 0 Å². The van der Waals surface area contributed by atoms with Crippen LogP contribution in [-0.4, -0.2) is 28.0 Å². The normalized spacial score (nSPS) is 20.3. The first-order valence-corrected chi connectivity index (χ1v) is 8.70. The molecule has 1 heterocycles. The second-order valence-electron chi connectivity index (χ2n) is 5.64. The highest BCUT2D eigenvalue weighted by Gasteiger charge is 2.40. The van der Waals surface area contributed by atoms with Crippen molar-refractivity contribution in [3.63, 3.8) is 0 Å². The zero-order valence-electron chi connectivity index (χ0n) is 11.5. The minimum atomic E-state index is -3.40. The van der Waals surface area contributed by atoms with E-state index in [1.807, 2.05) is 6.07 Å². The summed E-state index contributed by atoms with van der Waals surface area (Å²) in [6.07, 6.45) is 5.22. The maximum atomic E-state index is 12.3. The van der Waals surface area contributed by atoms with Gasteiger partial charge in [0.1, 0.15) is 4.90 Å². The van der Waals surface area contributed by atoms with E-state index in [0.29, 0.717) is 18.0 Å². The molecule has 20 heavy (non-hydrogen) atoms. The van der Waals surface area contributed by atoms with Crippen LogP contribution in [0.2, 0.25) is 0 Å². The number of benzene rings is 1. The van der Waals surface area contributed by atoms with Crippen LogP contribution in [0.25, 0.3) is 0 Å². The van der Waals surface area contributed by atoms with E-state index in [2.05, 4.69) is 0 Å². The Morgan fingerprint density at radius 2 is 1.95 bits per heavy atom. The Morgan fingerprint density at radius 1 is 1.25 bits per heavy atom. The molecule has 1 aliphatic carbocycles. The van der Waals surface area contributed by atoms with Crippen molar-refractivity contribution in [3.05, 3.63) is 17.7 Å². The Morgan fingerprint density at radius 3 is 2.55 bits per heavy atom. The summed E-state index contributed by atoms with van der Waals surface area (Å²) in [6.45, 7) is 0.520. The molecule has 1 fully saturated rings.